The van der Waals surface area contributed by atoms with Crippen LogP contribution in [0, 0.1) is 0 Å². The van der Waals surface area contributed by atoms with Gasteiger partial charge in [-0.15, -0.1) is 0 Å². The Morgan fingerprint density at radius 1 is 1.18 bits per heavy atom. The van der Waals surface area contributed by atoms with E-state index in [1.54, 1.807) is 6.92 Å². The van der Waals surface area contributed by atoms with Gasteiger partial charge in [0.2, 0.25) is 0 Å². The van der Waals surface area contributed by atoms with Crippen molar-refractivity contribution in [2.75, 3.05) is 6.61 Å². The zero-order chi connectivity index (χ0) is 15.4. The number of rotatable bonds is 4. The maximum absolute atomic E-state index is 12.3. The van der Waals surface area contributed by atoms with Gasteiger partial charge in [-0.05, 0) is 25.1 Å². The molecule has 3 rings (SSSR count). The molecule has 0 spiro atoms. The number of para-hydroxylation sites is 2. The average molecular weight is 297 g/mol. The van der Waals surface area contributed by atoms with E-state index in [4.69, 9.17) is 9.47 Å². The second-order valence-electron chi connectivity index (χ2n) is 5.31. The molecule has 0 saturated carbocycles. The monoisotopic (exact) mass is 297 g/mol. The van der Waals surface area contributed by atoms with Crippen LogP contribution < -0.4 is 14.8 Å². The topological polar surface area (TPSA) is 47.6 Å². The number of hydrogen-bond donors (Lipinski definition) is 1. The summed E-state index contributed by atoms with van der Waals surface area (Å²) in [4.78, 5) is 12.3. The van der Waals surface area contributed by atoms with Gasteiger partial charge in [-0.1, -0.05) is 36.4 Å². The van der Waals surface area contributed by atoms with Crippen LogP contribution >= 0.6 is 0 Å². The van der Waals surface area contributed by atoms with Crippen molar-refractivity contribution in [3.05, 3.63) is 60.2 Å². The third-order valence-electron chi connectivity index (χ3n) is 3.70. The molecular formula is C18H19NO3. The Kier molecular flexibility index (Phi) is 4.28. The molecule has 1 amide bonds. The number of hydrogen-bond acceptors (Lipinski definition) is 3. The summed E-state index contributed by atoms with van der Waals surface area (Å²) >= 11 is 0. The molecule has 0 aromatic heterocycles. The quantitative estimate of drug-likeness (QED) is 0.943. The van der Waals surface area contributed by atoms with Crippen LogP contribution in [0.2, 0.25) is 0 Å². The summed E-state index contributed by atoms with van der Waals surface area (Å²) in [5.41, 5.74) is 1.02. The summed E-state index contributed by atoms with van der Waals surface area (Å²) in [7, 11) is 0. The third kappa shape index (κ3) is 3.22. The van der Waals surface area contributed by atoms with Gasteiger partial charge in [-0.25, -0.2) is 0 Å². The van der Waals surface area contributed by atoms with Gasteiger partial charge in [0.25, 0.3) is 5.91 Å². The number of nitrogens with one attached hydrogen (secondary N) is 1. The van der Waals surface area contributed by atoms with Crippen LogP contribution in [0.25, 0.3) is 0 Å². The first kappa shape index (κ1) is 14.4. The zero-order valence-electron chi connectivity index (χ0n) is 12.5. The molecule has 2 unspecified atom stereocenters. The summed E-state index contributed by atoms with van der Waals surface area (Å²) in [6, 6.07) is 17.1. The SMILES string of the molecule is CC(Oc1ccccc1)C(=O)NC1CCOc2ccccc21. The number of amides is 1. The minimum atomic E-state index is -0.544. The molecule has 0 radical (unpaired) electrons. The summed E-state index contributed by atoms with van der Waals surface area (Å²) < 4.78 is 11.3. The van der Waals surface area contributed by atoms with Crippen LogP contribution in [0.4, 0.5) is 0 Å². The lowest BCUT2D eigenvalue weighted by atomic mass is 10.0. The van der Waals surface area contributed by atoms with E-state index < -0.39 is 6.10 Å². The Labute approximate surface area is 130 Å². The van der Waals surface area contributed by atoms with E-state index in [1.165, 1.54) is 0 Å². The zero-order valence-corrected chi connectivity index (χ0v) is 12.5. The normalized spacial score (nSPS) is 17.8. The second-order valence-corrected chi connectivity index (χ2v) is 5.31. The molecule has 2 atom stereocenters. The highest BCUT2D eigenvalue weighted by atomic mass is 16.5. The molecule has 0 aliphatic carbocycles. The number of carbonyl (C=O) groups is 1. The van der Waals surface area contributed by atoms with Gasteiger partial charge < -0.3 is 14.8 Å². The molecule has 4 heteroatoms. The highest BCUT2D eigenvalue weighted by Crippen LogP contribution is 2.31. The van der Waals surface area contributed by atoms with E-state index in [0.29, 0.717) is 12.4 Å². The summed E-state index contributed by atoms with van der Waals surface area (Å²) in [6.45, 7) is 2.36. The minimum Gasteiger partial charge on any atom is -0.493 e. The fourth-order valence-corrected chi connectivity index (χ4v) is 2.54. The lowest BCUT2D eigenvalue weighted by molar-refractivity contribution is -0.128. The van der Waals surface area contributed by atoms with Gasteiger partial charge in [0.1, 0.15) is 11.5 Å². The van der Waals surface area contributed by atoms with Gasteiger partial charge >= 0.3 is 0 Å². The Balaban J connectivity index is 1.65. The number of carbonyl (C=O) groups excluding carboxylic acids is 1. The largest absolute Gasteiger partial charge is 0.493 e. The van der Waals surface area contributed by atoms with Crippen LogP contribution in [0.3, 0.4) is 0 Å². The third-order valence-corrected chi connectivity index (χ3v) is 3.70. The summed E-state index contributed by atoms with van der Waals surface area (Å²) in [5, 5.41) is 3.05. The van der Waals surface area contributed by atoms with Crippen LogP contribution in [-0.4, -0.2) is 18.6 Å². The lowest BCUT2D eigenvalue weighted by Gasteiger charge is -2.27. The van der Waals surface area contributed by atoms with E-state index in [-0.39, 0.29) is 11.9 Å². The standard InChI is InChI=1S/C18H19NO3/c1-13(22-14-7-3-2-4-8-14)18(20)19-16-11-12-21-17-10-6-5-9-15(16)17/h2-10,13,16H,11-12H2,1H3,(H,19,20). The molecular weight excluding hydrogens is 278 g/mol. The molecule has 1 aliphatic heterocycles. The Hall–Kier alpha value is -2.49. The van der Waals surface area contributed by atoms with Crippen molar-refractivity contribution >= 4 is 5.91 Å². The Morgan fingerprint density at radius 3 is 2.73 bits per heavy atom. The molecule has 0 fully saturated rings. The molecule has 0 bridgehead atoms. The number of benzene rings is 2. The van der Waals surface area contributed by atoms with Crippen molar-refractivity contribution < 1.29 is 14.3 Å². The molecule has 1 N–H and O–H groups in total. The molecule has 4 nitrogen and oxygen atoms in total. The minimum absolute atomic E-state index is 0.0285. The molecule has 2 aromatic carbocycles. The van der Waals surface area contributed by atoms with Crippen molar-refractivity contribution in [3.8, 4) is 11.5 Å². The maximum atomic E-state index is 12.3. The highest BCUT2D eigenvalue weighted by Gasteiger charge is 2.25. The fraction of sp³-hybridized carbons (Fsp3) is 0.278. The van der Waals surface area contributed by atoms with E-state index >= 15 is 0 Å². The molecule has 1 aliphatic rings. The van der Waals surface area contributed by atoms with Crippen LogP contribution in [0.1, 0.15) is 24.9 Å². The predicted octanol–water partition coefficient (Wildman–Crippen LogP) is 3.09. The summed E-state index contributed by atoms with van der Waals surface area (Å²) in [5.74, 6) is 1.42. The van der Waals surface area contributed by atoms with E-state index in [0.717, 1.165) is 17.7 Å². The fourth-order valence-electron chi connectivity index (χ4n) is 2.54. The van der Waals surface area contributed by atoms with Gasteiger partial charge in [-0.2, -0.15) is 0 Å². The number of fused-ring (bicyclic) bond motifs is 1. The van der Waals surface area contributed by atoms with Crippen molar-refractivity contribution in [1.29, 1.82) is 0 Å². The second kappa shape index (κ2) is 6.52. The predicted molar refractivity (Wildman–Crippen MR) is 84.0 cm³/mol. The van der Waals surface area contributed by atoms with Crippen LogP contribution in [-0.2, 0) is 4.79 Å². The van der Waals surface area contributed by atoms with E-state index in [9.17, 15) is 4.79 Å². The first-order chi connectivity index (χ1) is 10.7. The molecule has 0 saturated heterocycles. The number of ether oxygens (including phenoxy) is 2. The van der Waals surface area contributed by atoms with Crippen molar-refractivity contribution in [3.63, 3.8) is 0 Å². The average Bonchev–Trinajstić information content (AvgIpc) is 2.56. The smallest absolute Gasteiger partial charge is 0.261 e. The van der Waals surface area contributed by atoms with Crippen molar-refractivity contribution in [2.24, 2.45) is 0 Å². The molecule has 1 heterocycles. The van der Waals surface area contributed by atoms with Gasteiger partial charge in [-0.3, -0.25) is 4.79 Å². The van der Waals surface area contributed by atoms with Crippen LogP contribution in [0.15, 0.2) is 54.6 Å². The van der Waals surface area contributed by atoms with E-state index in [1.807, 2.05) is 54.6 Å². The molecule has 22 heavy (non-hydrogen) atoms. The highest BCUT2D eigenvalue weighted by molar-refractivity contribution is 5.81. The van der Waals surface area contributed by atoms with Gasteiger partial charge in [0, 0.05) is 12.0 Å². The van der Waals surface area contributed by atoms with Crippen molar-refractivity contribution in [2.45, 2.75) is 25.5 Å². The molecule has 114 valence electrons. The van der Waals surface area contributed by atoms with E-state index in [2.05, 4.69) is 5.32 Å². The Bertz CT molecular complexity index is 642. The first-order valence-electron chi connectivity index (χ1n) is 7.48. The van der Waals surface area contributed by atoms with Crippen molar-refractivity contribution in [1.82, 2.24) is 5.32 Å². The molecule has 2 aromatic rings. The first-order valence-corrected chi connectivity index (χ1v) is 7.48. The van der Waals surface area contributed by atoms with Gasteiger partial charge in [0.15, 0.2) is 6.10 Å². The Morgan fingerprint density at radius 2 is 1.91 bits per heavy atom. The van der Waals surface area contributed by atoms with Crippen LogP contribution in [0.5, 0.6) is 11.5 Å². The lowest BCUT2D eigenvalue weighted by Crippen LogP contribution is -2.40. The van der Waals surface area contributed by atoms with Gasteiger partial charge in [0.05, 0.1) is 12.6 Å². The summed E-state index contributed by atoms with van der Waals surface area (Å²) in [6.07, 6.45) is 0.221. The maximum Gasteiger partial charge on any atom is 0.261 e.